The highest BCUT2D eigenvalue weighted by Gasteiger charge is 2.05. The average molecular weight is 236 g/mol. The first-order chi connectivity index (χ1) is 8.28. The monoisotopic (exact) mass is 236 g/mol. The van der Waals surface area contributed by atoms with E-state index in [1.807, 2.05) is 6.20 Å². The zero-order valence-corrected chi connectivity index (χ0v) is 10.1. The zero-order chi connectivity index (χ0) is 12.1. The number of hydrogen-bond acceptors (Lipinski definition) is 6. The lowest BCUT2D eigenvalue weighted by Gasteiger charge is -1.97. The Balaban J connectivity index is 1.89. The second-order valence-electron chi connectivity index (χ2n) is 3.80. The molecule has 2 aromatic rings. The Morgan fingerprint density at radius 2 is 2.24 bits per heavy atom. The topological polar surface area (TPSA) is 81.7 Å². The Morgan fingerprint density at radius 1 is 1.35 bits per heavy atom. The normalized spacial score (nSPS) is 10.9. The van der Waals surface area contributed by atoms with Gasteiger partial charge in [0.05, 0.1) is 11.9 Å². The molecule has 0 spiro atoms. The van der Waals surface area contributed by atoms with Crippen LogP contribution in [0.4, 0.5) is 0 Å². The maximum atomic E-state index is 5.27. The summed E-state index contributed by atoms with van der Waals surface area (Å²) >= 11 is 0. The van der Waals surface area contributed by atoms with Gasteiger partial charge in [-0.3, -0.25) is 0 Å². The number of rotatable bonds is 6. The van der Waals surface area contributed by atoms with Crippen LogP contribution in [-0.2, 0) is 13.1 Å². The third kappa shape index (κ3) is 3.35. The molecule has 7 nitrogen and oxygen atoms in total. The van der Waals surface area contributed by atoms with Gasteiger partial charge in [0.25, 0.3) is 0 Å². The van der Waals surface area contributed by atoms with Crippen molar-refractivity contribution in [3.8, 4) is 0 Å². The van der Waals surface area contributed by atoms with Gasteiger partial charge in [0.1, 0.15) is 6.54 Å². The molecule has 92 valence electrons. The van der Waals surface area contributed by atoms with Crippen molar-refractivity contribution in [1.29, 1.82) is 0 Å². The minimum atomic E-state index is 0.460. The van der Waals surface area contributed by atoms with Gasteiger partial charge in [0.2, 0.25) is 11.8 Å². The molecule has 0 aliphatic rings. The number of nitrogens with zero attached hydrogens (tertiary/aromatic N) is 5. The van der Waals surface area contributed by atoms with Crippen LogP contribution in [0.5, 0.6) is 0 Å². The van der Waals surface area contributed by atoms with E-state index in [2.05, 4.69) is 32.7 Å². The highest BCUT2D eigenvalue weighted by atomic mass is 16.4. The van der Waals surface area contributed by atoms with Crippen molar-refractivity contribution in [3.63, 3.8) is 0 Å². The van der Waals surface area contributed by atoms with Gasteiger partial charge in [-0.15, -0.1) is 15.3 Å². The Bertz CT molecular complexity index is 463. The van der Waals surface area contributed by atoms with Crippen LogP contribution in [0.2, 0.25) is 0 Å². The molecule has 17 heavy (non-hydrogen) atoms. The third-order valence-electron chi connectivity index (χ3n) is 2.18. The van der Waals surface area contributed by atoms with Crippen LogP contribution in [0.1, 0.15) is 30.8 Å². The van der Waals surface area contributed by atoms with E-state index in [4.69, 9.17) is 4.42 Å². The first-order valence-corrected chi connectivity index (χ1v) is 5.66. The molecule has 0 saturated heterocycles. The van der Waals surface area contributed by atoms with Gasteiger partial charge >= 0.3 is 0 Å². The SMILES string of the molecule is CCCNCc1cn(Cc2nnc(C)o2)nn1. The van der Waals surface area contributed by atoms with Gasteiger partial charge < -0.3 is 9.73 Å². The third-order valence-corrected chi connectivity index (χ3v) is 2.18. The smallest absolute Gasteiger partial charge is 0.237 e. The summed E-state index contributed by atoms with van der Waals surface area (Å²) in [5, 5.41) is 19.0. The maximum absolute atomic E-state index is 5.27. The molecule has 0 fully saturated rings. The van der Waals surface area contributed by atoms with Gasteiger partial charge in [-0.1, -0.05) is 12.1 Å². The first-order valence-electron chi connectivity index (χ1n) is 5.66. The zero-order valence-electron chi connectivity index (χ0n) is 10.1. The molecular formula is C10H16N6O. The lowest BCUT2D eigenvalue weighted by Crippen LogP contribution is -2.13. The lowest BCUT2D eigenvalue weighted by atomic mass is 10.4. The van der Waals surface area contributed by atoms with Gasteiger partial charge in [-0.05, 0) is 13.0 Å². The molecule has 0 aromatic carbocycles. The number of aryl methyl sites for hydroxylation is 1. The van der Waals surface area contributed by atoms with E-state index in [0.717, 1.165) is 25.2 Å². The van der Waals surface area contributed by atoms with Crippen molar-refractivity contribution < 1.29 is 4.42 Å². The van der Waals surface area contributed by atoms with Gasteiger partial charge in [0, 0.05) is 13.5 Å². The standard InChI is InChI=1S/C10H16N6O/c1-3-4-11-5-9-6-16(15-13-9)7-10-14-12-8(2)17-10/h6,11H,3-5,7H2,1-2H3. The fraction of sp³-hybridized carbons (Fsp3) is 0.600. The summed E-state index contributed by atoms with van der Waals surface area (Å²) in [5.41, 5.74) is 0.912. The summed E-state index contributed by atoms with van der Waals surface area (Å²) in [7, 11) is 0. The molecule has 0 unspecified atom stereocenters. The van der Waals surface area contributed by atoms with Crippen LogP contribution in [0.3, 0.4) is 0 Å². The van der Waals surface area contributed by atoms with Crippen molar-refractivity contribution in [2.45, 2.75) is 33.4 Å². The van der Waals surface area contributed by atoms with Crippen molar-refractivity contribution in [2.75, 3.05) is 6.54 Å². The first kappa shape index (κ1) is 11.7. The van der Waals surface area contributed by atoms with Gasteiger partial charge in [0.15, 0.2) is 0 Å². The molecule has 7 heteroatoms. The number of aromatic nitrogens is 5. The molecule has 0 atom stereocenters. The van der Waals surface area contributed by atoms with Crippen LogP contribution in [0, 0.1) is 6.92 Å². The largest absolute Gasteiger partial charge is 0.424 e. The van der Waals surface area contributed by atoms with Crippen molar-refractivity contribution in [1.82, 2.24) is 30.5 Å². The minimum absolute atomic E-state index is 0.460. The van der Waals surface area contributed by atoms with Crippen molar-refractivity contribution in [2.24, 2.45) is 0 Å². The fourth-order valence-corrected chi connectivity index (χ4v) is 1.43. The summed E-state index contributed by atoms with van der Waals surface area (Å²) in [6.07, 6.45) is 2.98. The molecule has 0 aliphatic heterocycles. The van der Waals surface area contributed by atoms with Crippen LogP contribution in [-0.4, -0.2) is 31.7 Å². The molecule has 2 aromatic heterocycles. The van der Waals surface area contributed by atoms with E-state index in [1.54, 1.807) is 11.6 Å². The second-order valence-corrected chi connectivity index (χ2v) is 3.80. The van der Waals surface area contributed by atoms with Crippen LogP contribution < -0.4 is 5.32 Å². The average Bonchev–Trinajstić information content (AvgIpc) is 2.90. The Kier molecular flexibility index (Phi) is 3.81. The fourth-order valence-electron chi connectivity index (χ4n) is 1.43. The van der Waals surface area contributed by atoms with Crippen LogP contribution in [0.15, 0.2) is 10.6 Å². The van der Waals surface area contributed by atoms with Crippen molar-refractivity contribution in [3.05, 3.63) is 23.7 Å². The van der Waals surface area contributed by atoms with E-state index >= 15 is 0 Å². The highest BCUT2D eigenvalue weighted by molar-refractivity contribution is 4.93. The highest BCUT2D eigenvalue weighted by Crippen LogP contribution is 2.01. The molecular weight excluding hydrogens is 220 g/mol. The van der Waals surface area contributed by atoms with E-state index in [0.29, 0.717) is 18.3 Å². The van der Waals surface area contributed by atoms with Crippen molar-refractivity contribution >= 4 is 0 Å². The molecule has 2 rings (SSSR count). The summed E-state index contributed by atoms with van der Waals surface area (Å²) in [4.78, 5) is 0. The predicted octanol–water partition coefficient (Wildman–Crippen LogP) is 0.517. The number of hydrogen-bond donors (Lipinski definition) is 1. The molecule has 0 bridgehead atoms. The molecule has 0 radical (unpaired) electrons. The van der Waals surface area contributed by atoms with Crippen LogP contribution >= 0.6 is 0 Å². The van der Waals surface area contributed by atoms with E-state index in [1.165, 1.54) is 0 Å². The Morgan fingerprint density at radius 3 is 2.94 bits per heavy atom. The molecule has 2 heterocycles. The minimum Gasteiger partial charge on any atom is -0.424 e. The number of nitrogens with one attached hydrogen (secondary N) is 1. The Labute approximate surface area is 99.2 Å². The summed E-state index contributed by atoms with van der Waals surface area (Å²) in [6, 6.07) is 0. The lowest BCUT2D eigenvalue weighted by molar-refractivity contribution is 0.441. The maximum Gasteiger partial charge on any atom is 0.237 e. The predicted molar refractivity (Wildman–Crippen MR) is 60.2 cm³/mol. The Hall–Kier alpha value is -1.76. The summed E-state index contributed by atoms with van der Waals surface area (Å²) < 4.78 is 6.96. The molecule has 0 saturated carbocycles. The summed E-state index contributed by atoms with van der Waals surface area (Å²) in [6.45, 7) is 6.06. The van der Waals surface area contributed by atoms with E-state index in [-0.39, 0.29) is 0 Å². The molecule has 0 aliphatic carbocycles. The van der Waals surface area contributed by atoms with E-state index in [9.17, 15) is 0 Å². The quantitative estimate of drug-likeness (QED) is 0.736. The summed E-state index contributed by atoms with van der Waals surface area (Å²) in [5.74, 6) is 1.10. The van der Waals surface area contributed by atoms with Gasteiger partial charge in [-0.2, -0.15) is 0 Å². The van der Waals surface area contributed by atoms with Gasteiger partial charge in [-0.25, -0.2) is 4.68 Å². The van der Waals surface area contributed by atoms with Crippen LogP contribution in [0.25, 0.3) is 0 Å². The molecule has 0 amide bonds. The molecule has 1 N–H and O–H groups in total. The second kappa shape index (κ2) is 5.53. The van der Waals surface area contributed by atoms with E-state index < -0.39 is 0 Å².